The molecule has 0 radical (unpaired) electrons. The minimum absolute atomic E-state index is 0. The highest BCUT2D eigenvalue weighted by molar-refractivity contribution is 5.85. The van der Waals surface area contributed by atoms with Gasteiger partial charge in [-0.25, -0.2) is 4.98 Å². The van der Waals surface area contributed by atoms with Crippen molar-refractivity contribution in [2.24, 2.45) is 5.73 Å². The van der Waals surface area contributed by atoms with Gasteiger partial charge < -0.3 is 10.1 Å². The summed E-state index contributed by atoms with van der Waals surface area (Å²) in [6.07, 6.45) is 4.88. The molecule has 2 N–H and O–H groups in total. The number of nitrogens with two attached hydrogens (primary N) is 1. The molecule has 0 spiro atoms. The Morgan fingerprint density at radius 2 is 2.29 bits per heavy atom. The van der Waals surface area contributed by atoms with E-state index in [1.165, 1.54) is 5.56 Å². The minimum atomic E-state index is 0. The summed E-state index contributed by atoms with van der Waals surface area (Å²) in [5, 5.41) is 0. The van der Waals surface area contributed by atoms with Gasteiger partial charge in [-0.15, -0.1) is 12.4 Å². The maximum atomic E-state index is 5.58. The zero-order chi connectivity index (χ0) is 9.26. The van der Waals surface area contributed by atoms with Crippen molar-refractivity contribution in [2.45, 2.75) is 19.9 Å². The van der Waals surface area contributed by atoms with Gasteiger partial charge in [-0.05, 0) is 24.1 Å². The second-order valence-electron chi connectivity index (χ2n) is 3.08. The summed E-state index contributed by atoms with van der Waals surface area (Å²) in [6.45, 7) is 2.65. The Balaban J connectivity index is 0.000000980. The van der Waals surface area contributed by atoms with Gasteiger partial charge in [0, 0.05) is 12.7 Å². The Morgan fingerprint density at radius 3 is 2.93 bits per heavy atom. The lowest BCUT2D eigenvalue weighted by Gasteiger charge is -1.99. The molecule has 2 heterocycles. The van der Waals surface area contributed by atoms with Crippen LogP contribution in [0.5, 0.6) is 0 Å². The SMILES string of the molecule is CCc1ccn2cnc(CN)c2c1.Cl. The molecular formula is C10H14ClN3. The summed E-state index contributed by atoms with van der Waals surface area (Å²) in [4.78, 5) is 4.23. The van der Waals surface area contributed by atoms with Crippen LogP contribution in [0.3, 0.4) is 0 Å². The van der Waals surface area contributed by atoms with Gasteiger partial charge >= 0.3 is 0 Å². The fourth-order valence-electron chi connectivity index (χ4n) is 1.46. The number of aryl methyl sites for hydroxylation is 1. The summed E-state index contributed by atoms with van der Waals surface area (Å²) in [5.41, 5.74) is 8.99. The molecule has 76 valence electrons. The van der Waals surface area contributed by atoms with Crippen molar-refractivity contribution >= 4 is 17.9 Å². The molecule has 0 aliphatic heterocycles. The van der Waals surface area contributed by atoms with E-state index < -0.39 is 0 Å². The lowest BCUT2D eigenvalue weighted by molar-refractivity contribution is 1.02. The Bertz CT molecular complexity index is 422. The molecule has 0 bridgehead atoms. The van der Waals surface area contributed by atoms with Crippen LogP contribution >= 0.6 is 12.4 Å². The smallest absolute Gasteiger partial charge is 0.0996 e. The molecule has 2 aromatic heterocycles. The monoisotopic (exact) mass is 211 g/mol. The zero-order valence-electron chi connectivity index (χ0n) is 8.10. The minimum Gasteiger partial charge on any atom is -0.325 e. The van der Waals surface area contributed by atoms with Gasteiger partial charge in [-0.1, -0.05) is 6.92 Å². The van der Waals surface area contributed by atoms with E-state index in [-0.39, 0.29) is 12.4 Å². The molecule has 3 nitrogen and oxygen atoms in total. The number of hydrogen-bond acceptors (Lipinski definition) is 2. The topological polar surface area (TPSA) is 43.3 Å². The van der Waals surface area contributed by atoms with Crippen LogP contribution in [0.1, 0.15) is 18.2 Å². The molecule has 0 aromatic carbocycles. The normalized spacial score (nSPS) is 10.1. The van der Waals surface area contributed by atoms with Crippen molar-refractivity contribution in [1.82, 2.24) is 9.38 Å². The van der Waals surface area contributed by atoms with Crippen LogP contribution in [-0.4, -0.2) is 9.38 Å². The number of pyridine rings is 1. The number of fused-ring (bicyclic) bond motifs is 1. The molecule has 0 amide bonds. The van der Waals surface area contributed by atoms with Gasteiger partial charge in [0.1, 0.15) is 0 Å². The lowest BCUT2D eigenvalue weighted by atomic mass is 10.2. The van der Waals surface area contributed by atoms with E-state index in [2.05, 4.69) is 24.0 Å². The summed E-state index contributed by atoms with van der Waals surface area (Å²) < 4.78 is 2.00. The van der Waals surface area contributed by atoms with E-state index in [0.29, 0.717) is 6.54 Å². The predicted molar refractivity (Wildman–Crippen MR) is 59.7 cm³/mol. The average molecular weight is 212 g/mol. The molecule has 0 saturated carbocycles. The Hall–Kier alpha value is -1.06. The fourth-order valence-corrected chi connectivity index (χ4v) is 1.46. The van der Waals surface area contributed by atoms with Crippen molar-refractivity contribution in [2.75, 3.05) is 0 Å². The molecule has 4 heteroatoms. The van der Waals surface area contributed by atoms with Crippen LogP contribution in [0.2, 0.25) is 0 Å². The highest BCUT2D eigenvalue weighted by Crippen LogP contribution is 2.11. The van der Waals surface area contributed by atoms with Crippen molar-refractivity contribution in [1.29, 1.82) is 0 Å². The predicted octanol–water partition coefficient (Wildman–Crippen LogP) is 1.78. The van der Waals surface area contributed by atoms with Crippen LogP contribution in [0.25, 0.3) is 5.52 Å². The van der Waals surface area contributed by atoms with Crippen LogP contribution in [0.4, 0.5) is 0 Å². The first-order valence-corrected chi connectivity index (χ1v) is 4.49. The third-order valence-electron chi connectivity index (χ3n) is 2.28. The average Bonchev–Trinajstić information content (AvgIpc) is 2.59. The molecule has 0 unspecified atom stereocenters. The van der Waals surface area contributed by atoms with Gasteiger partial charge in [0.2, 0.25) is 0 Å². The van der Waals surface area contributed by atoms with Gasteiger partial charge in [0.05, 0.1) is 17.5 Å². The van der Waals surface area contributed by atoms with E-state index >= 15 is 0 Å². The number of nitrogens with zero attached hydrogens (tertiary/aromatic N) is 2. The molecule has 2 aromatic rings. The number of hydrogen-bond donors (Lipinski definition) is 1. The summed E-state index contributed by atoms with van der Waals surface area (Å²) in [5.74, 6) is 0. The van der Waals surface area contributed by atoms with Crippen molar-refractivity contribution in [3.05, 3.63) is 35.9 Å². The number of imidazole rings is 1. The molecule has 0 saturated heterocycles. The molecule has 0 atom stereocenters. The third kappa shape index (κ3) is 1.74. The Morgan fingerprint density at radius 1 is 1.50 bits per heavy atom. The van der Waals surface area contributed by atoms with Crippen LogP contribution < -0.4 is 5.73 Å². The first-order valence-electron chi connectivity index (χ1n) is 4.49. The van der Waals surface area contributed by atoms with Crippen LogP contribution in [-0.2, 0) is 13.0 Å². The van der Waals surface area contributed by atoms with Gasteiger partial charge in [0.15, 0.2) is 0 Å². The van der Waals surface area contributed by atoms with E-state index in [4.69, 9.17) is 5.73 Å². The zero-order valence-corrected chi connectivity index (χ0v) is 8.92. The quantitative estimate of drug-likeness (QED) is 0.823. The van der Waals surface area contributed by atoms with E-state index in [0.717, 1.165) is 17.6 Å². The molecule has 2 rings (SSSR count). The standard InChI is InChI=1S/C10H13N3.ClH/c1-2-8-3-4-13-7-12-9(6-11)10(13)5-8;/h3-5,7H,2,6,11H2,1H3;1H. The Kier molecular flexibility index (Phi) is 3.49. The first kappa shape index (κ1) is 11.0. The van der Waals surface area contributed by atoms with Crippen molar-refractivity contribution in [3.63, 3.8) is 0 Å². The maximum Gasteiger partial charge on any atom is 0.0996 e. The largest absolute Gasteiger partial charge is 0.325 e. The number of halogens is 1. The van der Waals surface area contributed by atoms with Crippen LogP contribution in [0, 0.1) is 0 Å². The van der Waals surface area contributed by atoms with E-state index in [1.54, 1.807) is 6.33 Å². The summed E-state index contributed by atoms with van der Waals surface area (Å²) in [7, 11) is 0. The molecule has 14 heavy (non-hydrogen) atoms. The number of rotatable bonds is 2. The summed E-state index contributed by atoms with van der Waals surface area (Å²) in [6, 6.07) is 4.25. The van der Waals surface area contributed by atoms with Gasteiger partial charge in [0.25, 0.3) is 0 Å². The first-order chi connectivity index (χ1) is 6.35. The molecule has 0 aliphatic rings. The van der Waals surface area contributed by atoms with E-state index in [1.807, 2.05) is 10.6 Å². The van der Waals surface area contributed by atoms with Gasteiger partial charge in [-0.3, -0.25) is 0 Å². The Labute approximate surface area is 89.4 Å². The van der Waals surface area contributed by atoms with E-state index in [9.17, 15) is 0 Å². The second-order valence-corrected chi connectivity index (χ2v) is 3.08. The molecular weight excluding hydrogens is 198 g/mol. The van der Waals surface area contributed by atoms with Gasteiger partial charge in [-0.2, -0.15) is 0 Å². The second kappa shape index (κ2) is 4.44. The highest BCUT2D eigenvalue weighted by atomic mass is 35.5. The number of aromatic nitrogens is 2. The highest BCUT2D eigenvalue weighted by Gasteiger charge is 2.01. The maximum absolute atomic E-state index is 5.58. The van der Waals surface area contributed by atoms with Crippen molar-refractivity contribution in [3.8, 4) is 0 Å². The lowest BCUT2D eigenvalue weighted by Crippen LogP contribution is -1.97. The fraction of sp³-hybridized carbons (Fsp3) is 0.300. The third-order valence-corrected chi connectivity index (χ3v) is 2.28. The van der Waals surface area contributed by atoms with Crippen LogP contribution in [0.15, 0.2) is 24.7 Å². The molecule has 0 aliphatic carbocycles. The van der Waals surface area contributed by atoms with Crippen molar-refractivity contribution < 1.29 is 0 Å². The molecule has 0 fully saturated rings. The summed E-state index contributed by atoms with van der Waals surface area (Å²) >= 11 is 0.